The van der Waals surface area contributed by atoms with E-state index in [2.05, 4.69) is 10.3 Å². The van der Waals surface area contributed by atoms with E-state index in [1.807, 2.05) is 38.2 Å². The highest BCUT2D eigenvalue weighted by Crippen LogP contribution is 2.09. The van der Waals surface area contributed by atoms with Crippen molar-refractivity contribution in [2.24, 2.45) is 5.73 Å². The van der Waals surface area contributed by atoms with Crippen molar-refractivity contribution in [2.45, 2.75) is 20.0 Å². The fourth-order valence-electron chi connectivity index (χ4n) is 3.12. The van der Waals surface area contributed by atoms with Gasteiger partial charge < -0.3 is 16.0 Å². The van der Waals surface area contributed by atoms with Gasteiger partial charge in [0, 0.05) is 5.69 Å². The Morgan fingerprint density at radius 3 is 2.52 bits per heavy atom. The van der Waals surface area contributed by atoms with Gasteiger partial charge in [-0.25, -0.2) is 4.98 Å². The number of quaternary nitrogens is 1. The summed E-state index contributed by atoms with van der Waals surface area (Å²) < 4.78 is 1.28. The standard InChI is InChI=1S/C21H23N5O3/c1-14-7-9-15(10-8-14)23-20(28)13-25(2)12-19-24-17-6-4-3-5-16(17)21(29)26(19)11-18(22)27/h3-10H,11-13H2,1-2H3,(H2,22,27)(H,23,28)/p+1. The number of hydrogen-bond acceptors (Lipinski definition) is 4. The van der Waals surface area contributed by atoms with Gasteiger partial charge in [0.2, 0.25) is 5.91 Å². The number of aryl methyl sites for hydroxylation is 1. The van der Waals surface area contributed by atoms with Crippen LogP contribution in [0.25, 0.3) is 10.9 Å². The third-order valence-electron chi connectivity index (χ3n) is 4.51. The first-order valence-electron chi connectivity index (χ1n) is 9.28. The molecule has 0 fully saturated rings. The summed E-state index contributed by atoms with van der Waals surface area (Å²) in [7, 11) is 1.82. The minimum Gasteiger partial charge on any atom is -0.368 e. The normalized spacial score (nSPS) is 11.9. The fourth-order valence-corrected chi connectivity index (χ4v) is 3.12. The maximum atomic E-state index is 12.8. The molecule has 1 unspecified atom stereocenters. The number of nitrogens with two attached hydrogens (primary N) is 1. The van der Waals surface area contributed by atoms with Gasteiger partial charge in [-0.3, -0.25) is 19.0 Å². The van der Waals surface area contributed by atoms with Crippen LogP contribution in [0.3, 0.4) is 0 Å². The van der Waals surface area contributed by atoms with Gasteiger partial charge in [0.15, 0.2) is 12.4 Å². The summed E-state index contributed by atoms with van der Waals surface area (Å²) in [6.45, 7) is 2.18. The molecule has 0 aliphatic rings. The summed E-state index contributed by atoms with van der Waals surface area (Å²) >= 11 is 0. The second-order valence-corrected chi connectivity index (χ2v) is 7.13. The molecule has 4 N–H and O–H groups in total. The van der Waals surface area contributed by atoms with Crippen molar-refractivity contribution < 1.29 is 14.5 Å². The number of para-hydroxylation sites is 1. The molecule has 29 heavy (non-hydrogen) atoms. The average molecular weight is 394 g/mol. The Morgan fingerprint density at radius 2 is 1.83 bits per heavy atom. The van der Waals surface area contributed by atoms with Crippen LogP contribution in [0.15, 0.2) is 53.3 Å². The van der Waals surface area contributed by atoms with Crippen LogP contribution >= 0.6 is 0 Å². The van der Waals surface area contributed by atoms with E-state index >= 15 is 0 Å². The minimum atomic E-state index is -0.625. The number of carbonyl (C=O) groups is 2. The van der Waals surface area contributed by atoms with Crippen LogP contribution < -0.4 is 21.5 Å². The predicted molar refractivity (Wildman–Crippen MR) is 110 cm³/mol. The van der Waals surface area contributed by atoms with Crippen molar-refractivity contribution in [3.05, 3.63) is 70.3 Å². The molecular weight excluding hydrogens is 370 g/mol. The highest BCUT2D eigenvalue weighted by molar-refractivity contribution is 5.91. The largest absolute Gasteiger partial charge is 0.368 e. The number of aromatic nitrogens is 2. The van der Waals surface area contributed by atoms with E-state index in [-0.39, 0.29) is 31.1 Å². The maximum Gasteiger partial charge on any atom is 0.279 e. The SMILES string of the molecule is Cc1ccc(NC(=O)C[NH+](C)Cc2nc3ccccc3c(=O)n2CC(N)=O)cc1. The zero-order chi connectivity index (χ0) is 21.0. The average Bonchev–Trinajstić information content (AvgIpc) is 2.66. The molecule has 1 atom stereocenters. The van der Waals surface area contributed by atoms with Crippen LogP contribution in [0.1, 0.15) is 11.4 Å². The molecular formula is C21H24N5O3+. The number of likely N-dealkylation sites (N-methyl/N-ethyl adjacent to an activating group) is 1. The van der Waals surface area contributed by atoms with Gasteiger partial charge in [-0.2, -0.15) is 0 Å². The lowest BCUT2D eigenvalue weighted by Crippen LogP contribution is -3.09. The van der Waals surface area contributed by atoms with E-state index in [1.165, 1.54) is 4.57 Å². The van der Waals surface area contributed by atoms with E-state index in [1.54, 1.807) is 24.3 Å². The minimum absolute atomic E-state index is 0.157. The van der Waals surface area contributed by atoms with Crippen LogP contribution in [0.2, 0.25) is 0 Å². The Morgan fingerprint density at radius 1 is 1.14 bits per heavy atom. The highest BCUT2D eigenvalue weighted by atomic mass is 16.2. The van der Waals surface area contributed by atoms with E-state index in [9.17, 15) is 14.4 Å². The van der Waals surface area contributed by atoms with Crippen molar-refractivity contribution in [3.8, 4) is 0 Å². The van der Waals surface area contributed by atoms with Crippen molar-refractivity contribution >= 4 is 28.4 Å². The van der Waals surface area contributed by atoms with Crippen molar-refractivity contribution in [1.29, 1.82) is 0 Å². The number of hydrogen-bond donors (Lipinski definition) is 3. The molecule has 3 aromatic rings. The summed E-state index contributed by atoms with van der Waals surface area (Å²) in [4.78, 5) is 41.9. The number of nitrogens with one attached hydrogen (secondary N) is 2. The molecule has 0 bridgehead atoms. The van der Waals surface area contributed by atoms with Crippen molar-refractivity contribution in [2.75, 3.05) is 18.9 Å². The number of primary amides is 1. The van der Waals surface area contributed by atoms with E-state index in [0.717, 1.165) is 16.2 Å². The number of rotatable bonds is 7. The molecule has 2 aromatic carbocycles. The third kappa shape index (κ3) is 5.05. The first-order valence-corrected chi connectivity index (χ1v) is 9.28. The van der Waals surface area contributed by atoms with Gasteiger partial charge in [0.25, 0.3) is 11.5 Å². The van der Waals surface area contributed by atoms with Crippen LogP contribution in [-0.2, 0) is 22.7 Å². The highest BCUT2D eigenvalue weighted by Gasteiger charge is 2.18. The van der Waals surface area contributed by atoms with Gasteiger partial charge in [-0.1, -0.05) is 29.8 Å². The molecule has 8 nitrogen and oxygen atoms in total. The Kier molecular flexibility index (Phi) is 6.04. The topological polar surface area (TPSA) is 112 Å². The third-order valence-corrected chi connectivity index (χ3v) is 4.51. The zero-order valence-electron chi connectivity index (χ0n) is 16.4. The molecule has 0 radical (unpaired) electrons. The fraction of sp³-hybridized carbons (Fsp3) is 0.238. The molecule has 3 rings (SSSR count). The molecule has 1 heterocycles. The quantitative estimate of drug-likeness (QED) is 0.517. The van der Waals surface area contributed by atoms with Gasteiger partial charge in [0.1, 0.15) is 13.1 Å². The summed E-state index contributed by atoms with van der Waals surface area (Å²) in [5.74, 6) is -0.371. The van der Waals surface area contributed by atoms with Gasteiger partial charge >= 0.3 is 0 Å². The van der Waals surface area contributed by atoms with Crippen molar-refractivity contribution in [1.82, 2.24) is 9.55 Å². The Hall–Kier alpha value is -3.52. The van der Waals surface area contributed by atoms with E-state index in [4.69, 9.17) is 5.73 Å². The van der Waals surface area contributed by atoms with E-state index < -0.39 is 5.91 Å². The molecule has 2 amide bonds. The molecule has 0 aliphatic carbocycles. The molecule has 8 heteroatoms. The lowest BCUT2D eigenvalue weighted by atomic mass is 10.2. The van der Waals surface area contributed by atoms with Crippen LogP contribution in [0.5, 0.6) is 0 Å². The number of nitrogens with zero attached hydrogens (tertiary/aromatic N) is 2. The molecule has 0 saturated carbocycles. The number of anilines is 1. The first kappa shape index (κ1) is 20.2. The Bertz CT molecular complexity index is 1110. The van der Waals surface area contributed by atoms with Crippen molar-refractivity contribution in [3.63, 3.8) is 0 Å². The van der Waals surface area contributed by atoms with Crippen LogP contribution in [0, 0.1) is 6.92 Å². The van der Waals surface area contributed by atoms with Gasteiger partial charge in [-0.15, -0.1) is 0 Å². The molecule has 0 aliphatic heterocycles. The summed E-state index contributed by atoms with van der Waals surface area (Å²) in [5.41, 5.74) is 7.38. The van der Waals surface area contributed by atoms with Crippen LogP contribution in [-0.4, -0.2) is 35.0 Å². The lowest BCUT2D eigenvalue weighted by Gasteiger charge is -2.17. The van der Waals surface area contributed by atoms with Crippen LogP contribution in [0.4, 0.5) is 5.69 Å². The summed E-state index contributed by atoms with van der Waals surface area (Å²) in [5, 5.41) is 3.27. The monoisotopic (exact) mass is 394 g/mol. The lowest BCUT2D eigenvalue weighted by molar-refractivity contribution is -0.886. The molecule has 0 saturated heterocycles. The summed E-state index contributed by atoms with van der Waals surface area (Å²) in [6.07, 6.45) is 0. The smallest absolute Gasteiger partial charge is 0.279 e. The molecule has 150 valence electrons. The Balaban J connectivity index is 1.78. The maximum absolute atomic E-state index is 12.8. The zero-order valence-corrected chi connectivity index (χ0v) is 16.4. The molecule has 0 spiro atoms. The summed E-state index contributed by atoms with van der Waals surface area (Å²) in [6, 6.07) is 14.5. The second kappa shape index (κ2) is 8.66. The van der Waals surface area contributed by atoms with Gasteiger partial charge in [0.05, 0.1) is 18.0 Å². The second-order valence-electron chi connectivity index (χ2n) is 7.13. The van der Waals surface area contributed by atoms with E-state index in [0.29, 0.717) is 16.7 Å². The number of carbonyl (C=O) groups excluding carboxylic acids is 2. The molecule has 1 aromatic heterocycles. The number of amides is 2. The number of benzene rings is 2. The van der Waals surface area contributed by atoms with Gasteiger partial charge in [-0.05, 0) is 31.2 Å². The first-order chi connectivity index (χ1) is 13.8. The predicted octanol–water partition coefficient (Wildman–Crippen LogP) is -0.156. The number of fused-ring (bicyclic) bond motifs is 1. The Labute approximate surface area is 168 Å².